The van der Waals surface area contributed by atoms with E-state index in [4.69, 9.17) is 23.7 Å². The second-order valence-corrected chi connectivity index (χ2v) is 11.8. The fourth-order valence-corrected chi connectivity index (χ4v) is 9.07. The molecule has 4 bridgehead atoms. The van der Waals surface area contributed by atoms with Gasteiger partial charge in [-0.05, 0) is 55.8 Å². The van der Waals surface area contributed by atoms with Gasteiger partial charge in [0.25, 0.3) is 0 Å². The molecule has 35 heavy (non-hydrogen) atoms. The summed E-state index contributed by atoms with van der Waals surface area (Å²) in [6, 6.07) is 0. The van der Waals surface area contributed by atoms with Crippen molar-refractivity contribution in [3.63, 3.8) is 0 Å². The Bertz CT molecular complexity index is 889. The third-order valence-corrected chi connectivity index (χ3v) is 10.4. The largest absolute Gasteiger partial charge is 0.458 e. The van der Waals surface area contributed by atoms with Crippen molar-refractivity contribution in [2.75, 3.05) is 39.6 Å². The quantitative estimate of drug-likeness (QED) is 0.298. The summed E-state index contributed by atoms with van der Waals surface area (Å²) in [5, 5.41) is 0. The average Bonchev–Trinajstić information content (AvgIpc) is 3.65. The van der Waals surface area contributed by atoms with Gasteiger partial charge in [-0.3, -0.25) is 19.3 Å². The lowest BCUT2D eigenvalue weighted by Crippen LogP contribution is -2.46. The highest BCUT2D eigenvalue weighted by atomic mass is 16.7. The molecule has 7 fully saturated rings. The topological polar surface area (TPSA) is 101 Å². The van der Waals surface area contributed by atoms with Crippen molar-refractivity contribution >= 4 is 17.9 Å². The molecule has 0 aromatic carbocycles. The minimum absolute atomic E-state index is 0.0648. The molecule has 11 atom stereocenters. The molecule has 5 aliphatic carbocycles. The summed E-state index contributed by atoms with van der Waals surface area (Å²) in [5.74, 6) is 0.476. The second kappa shape index (κ2) is 8.70. The Morgan fingerprint density at radius 1 is 0.971 bits per heavy atom. The third-order valence-electron chi connectivity index (χ3n) is 10.4. The van der Waals surface area contributed by atoms with Crippen LogP contribution in [0.25, 0.3) is 0 Å². The lowest BCUT2D eigenvalue weighted by Gasteiger charge is -2.32. The van der Waals surface area contributed by atoms with Crippen LogP contribution in [0.1, 0.15) is 38.5 Å². The van der Waals surface area contributed by atoms with Crippen LogP contribution >= 0.6 is 0 Å². The predicted octanol–water partition coefficient (Wildman–Crippen LogP) is 1.38. The number of hydrogen-bond acceptors (Lipinski definition) is 9. The summed E-state index contributed by atoms with van der Waals surface area (Å²) >= 11 is 0. The van der Waals surface area contributed by atoms with E-state index < -0.39 is 30.0 Å². The van der Waals surface area contributed by atoms with Gasteiger partial charge in [0, 0.05) is 24.9 Å². The first-order valence-corrected chi connectivity index (χ1v) is 13.6. The standard InChI is InChI=1S/C26H35NO8/c28-20(11-27-4-6-31-7-5-27)34-23-17-10-18-22(26(30)35-24(18)23)21(17)25(29)33-12-32-19-9-13-8-16(19)15-3-1-2-14(13)15/h13-19,21-24H,1-12H2. The number of hydrogen-bond donors (Lipinski definition) is 0. The third kappa shape index (κ3) is 3.63. The molecule has 0 N–H and O–H groups in total. The van der Waals surface area contributed by atoms with Crippen molar-refractivity contribution in [3.05, 3.63) is 0 Å². The van der Waals surface area contributed by atoms with Gasteiger partial charge in [0.15, 0.2) is 6.79 Å². The zero-order valence-corrected chi connectivity index (χ0v) is 20.0. The summed E-state index contributed by atoms with van der Waals surface area (Å²) in [5.41, 5.74) is 0. The van der Waals surface area contributed by atoms with Gasteiger partial charge in [0.05, 0.1) is 37.7 Å². The van der Waals surface area contributed by atoms with Crippen LogP contribution in [0.15, 0.2) is 0 Å². The first kappa shape index (κ1) is 22.5. The molecular weight excluding hydrogens is 454 g/mol. The molecule has 7 aliphatic rings. The Balaban J connectivity index is 0.957. The Kier molecular flexibility index (Phi) is 5.59. The van der Waals surface area contributed by atoms with E-state index in [1.165, 1.54) is 25.7 Å². The number of carbonyl (C=O) groups is 3. The molecule has 9 nitrogen and oxygen atoms in total. The van der Waals surface area contributed by atoms with Gasteiger partial charge in [-0.2, -0.15) is 0 Å². The molecule has 192 valence electrons. The van der Waals surface area contributed by atoms with E-state index in [1.54, 1.807) is 0 Å². The number of carbonyl (C=O) groups excluding carboxylic acids is 3. The number of esters is 3. The van der Waals surface area contributed by atoms with E-state index in [0.717, 1.165) is 24.2 Å². The van der Waals surface area contributed by atoms with Crippen LogP contribution in [0.3, 0.4) is 0 Å². The minimum atomic E-state index is -0.629. The minimum Gasteiger partial charge on any atom is -0.458 e. The van der Waals surface area contributed by atoms with Crippen molar-refractivity contribution in [3.8, 4) is 0 Å². The fourth-order valence-electron chi connectivity index (χ4n) is 9.07. The van der Waals surface area contributed by atoms with Crippen LogP contribution in [-0.4, -0.2) is 80.8 Å². The Morgan fingerprint density at radius 2 is 1.80 bits per heavy atom. The molecule has 0 aromatic rings. The van der Waals surface area contributed by atoms with Crippen molar-refractivity contribution < 1.29 is 38.1 Å². The monoisotopic (exact) mass is 489 g/mol. The Labute approximate surface area is 205 Å². The molecule has 2 saturated heterocycles. The van der Waals surface area contributed by atoms with Gasteiger partial charge < -0.3 is 23.7 Å². The highest BCUT2D eigenvalue weighted by Gasteiger charge is 2.70. The molecule has 2 heterocycles. The second-order valence-electron chi connectivity index (χ2n) is 11.8. The molecular formula is C26H35NO8. The molecule has 2 aliphatic heterocycles. The molecule has 7 rings (SSSR count). The van der Waals surface area contributed by atoms with Crippen LogP contribution in [0.2, 0.25) is 0 Å². The van der Waals surface area contributed by atoms with Crippen molar-refractivity contribution in [2.24, 2.45) is 47.3 Å². The van der Waals surface area contributed by atoms with Crippen LogP contribution in [0.5, 0.6) is 0 Å². The van der Waals surface area contributed by atoms with Crippen molar-refractivity contribution in [1.82, 2.24) is 4.90 Å². The molecule has 9 heteroatoms. The van der Waals surface area contributed by atoms with E-state index in [9.17, 15) is 14.4 Å². The van der Waals surface area contributed by atoms with Crippen LogP contribution in [-0.2, 0) is 38.1 Å². The normalized spacial score (nSPS) is 47.2. The van der Waals surface area contributed by atoms with Crippen molar-refractivity contribution in [1.29, 1.82) is 0 Å². The molecule has 0 amide bonds. The highest BCUT2D eigenvalue weighted by Crippen LogP contribution is 2.60. The Hall–Kier alpha value is -1.71. The average molecular weight is 490 g/mol. The van der Waals surface area contributed by atoms with E-state index in [2.05, 4.69) is 0 Å². The first-order chi connectivity index (χ1) is 17.1. The summed E-state index contributed by atoms with van der Waals surface area (Å²) < 4.78 is 28.4. The fraction of sp³-hybridized carbons (Fsp3) is 0.885. The van der Waals surface area contributed by atoms with Crippen LogP contribution in [0.4, 0.5) is 0 Å². The predicted molar refractivity (Wildman–Crippen MR) is 118 cm³/mol. The molecule has 0 aromatic heterocycles. The lowest BCUT2D eigenvalue weighted by atomic mass is 9.78. The maximum Gasteiger partial charge on any atom is 0.320 e. The lowest BCUT2D eigenvalue weighted by molar-refractivity contribution is -0.178. The molecule has 5 saturated carbocycles. The van der Waals surface area contributed by atoms with Gasteiger partial charge >= 0.3 is 17.9 Å². The summed E-state index contributed by atoms with van der Waals surface area (Å²) in [4.78, 5) is 40.4. The molecule has 0 radical (unpaired) electrons. The van der Waals surface area contributed by atoms with Gasteiger partial charge in [-0.15, -0.1) is 0 Å². The maximum absolute atomic E-state index is 13.2. The number of nitrogens with zero attached hydrogens (tertiary/aromatic N) is 1. The van der Waals surface area contributed by atoms with E-state index in [1.807, 2.05) is 4.90 Å². The van der Waals surface area contributed by atoms with Gasteiger partial charge in [0.1, 0.15) is 12.2 Å². The summed E-state index contributed by atoms with van der Waals surface area (Å²) in [6.45, 7) is 2.68. The number of morpholine rings is 1. The maximum atomic E-state index is 13.2. The van der Waals surface area contributed by atoms with Gasteiger partial charge in [0.2, 0.25) is 0 Å². The van der Waals surface area contributed by atoms with Gasteiger partial charge in [-0.1, -0.05) is 6.42 Å². The number of fused-ring (bicyclic) bond motifs is 6. The number of ether oxygens (including phenoxy) is 5. The van der Waals surface area contributed by atoms with Gasteiger partial charge in [-0.25, -0.2) is 0 Å². The smallest absolute Gasteiger partial charge is 0.320 e. The number of rotatable bonds is 7. The SMILES string of the molecule is O=C(CN1CCOCC1)OC1C2CC3C1OC(=O)C3C2C(=O)OCOC1CC2CC1C1CCCC21. The van der Waals surface area contributed by atoms with Crippen molar-refractivity contribution in [2.45, 2.75) is 56.8 Å². The van der Waals surface area contributed by atoms with E-state index in [-0.39, 0.29) is 43.2 Å². The summed E-state index contributed by atoms with van der Waals surface area (Å²) in [7, 11) is 0. The first-order valence-electron chi connectivity index (χ1n) is 13.6. The van der Waals surface area contributed by atoms with E-state index >= 15 is 0 Å². The van der Waals surface area contributed by atoms with Crippen LogP contribution in [0, 0.1) is 47.3 Å². The molecule has 11 unspecified atom stereocenters. The Morgan fingerprint density at radius 3 is 2.66 bits per heavy atom. The van der Waals surface area contributed by atoms with Crippen LogP contribution < -0.4 is 0 Å². The van der Waals surface area contributed by atoms with E-state index in [0.29, 0.717) is 38.6 Å². The zero-order valence-electron chi connectivity index (χ0n) is 20.0. The summed E-state index contributed by atoms with van der Waals surface area (Å²) in [6.07, 6.45) is 6.16. The molecule has 0 spiro atoms. The highest BCUT2D eigenvalue weighted by molar-refractivity contribution is 5.86. The zero-order chi connectivity index (χ0) is 23.7.